The van der Waals surface area contributed by atoms with Crippen LogP contribution in [0.4, 0.5) is 4.39 Å². The zero-order chi connectivity index (χ0) is 18.4. The van der Waals surface area contributed by atoms with Gasteiger partial charge in [-0.1, -0.05) is 30.3 Å². The zero-order valence-corrected chi connectivity index (χ0v) is 14.5. The molecule has 0 aliphatic carbocycles. The van der Waals surface area contributed by atoms with Crippen LogP contribution < -0.4 is 0 Å². The number of esters is 1. The summed E-state index contributed by atoms with van der Waals surface area (Å²) >= 11 is 0. The molecule has 0 bridgehead atoms. The molecule has 3 rings (SSSR count). The van der Waals surface area contributed by atoms with Gasteiger partial charge in [0.25, 0.3) is 0 Å². The number of aromatic nitrogens is 2. The summed E-state index contributed by atoms with van der Waals surface area (Å²) in [7, 11) is 1.38. The first-order chi connectivity index (χ1) is 12.6. The summed E-state index contributed by atoms with van der Waals surface area (Å²) in [6.07, 6.45) is 1.84. The van der Waals surface area contributed by atoms with Gasteiger partial charge in [0.1, 0.15) is 5.82 Å². The molecule has 0 fully saturated rings. The van der Waals surface area contributed by atoms with Crippen LogP contribution in [0.5, 0.6) is 0 Å². The fourth-order valence-electron chi connectivity index (χ4n) is 2.66. The minimum Gasteiger partial charge on any atom is -0.468 e. The van der Waals surface area contributed by atoms with E-state index in [0.717, 1.165) is 16.8 Å². The minimum absolute atomic E-state index is 0.164. The van der Waals surface area contributed by atoms with Crippen molar-refractivity contribution in [3.8, 4) is 11.3 Å². The van der Waals surface area contributed by atoms with Crippen molar-refractivity contribution in [1.29, 1.82) is 0 Å². The maximum Gasteiger partial charge on any atom is 0.319 e. The molecule has 0 amide bonds. The molecule has 0 saturated carbocycles. The third kappa shape index (κ3) is 4.77. The Kier molecular flexibility index (Phi) is 5.76. The van der Waals surface area contributed by atoms with Gasteiger partial charge in [-0.2, -0.15) is 5.10 Å². The number of nitrogens with zero attached hydrogens (tertiary/aromatic N) is 3. The second-order valence-corrected chi connectivity index (χ2v) is 5.94. The number of rotatable bonds is 7. The highest BCUT2D eigenvalue weighted by atomic mass is 19.1. The molecule has 26 heavy (non-hydrogen) atoms. The van der Waals surface area contributed by atoms with Crippen LogP contribution in [0, 0.1) is 5.82 Å². The summed E-state index contributed by atoms with van der Waals surface area (Å²) in [5.74, 6) is -0.577. The standard InChI is InChI=1S/C20H20FN3O2/c1-26-20(25)14-23(13-16-5-3-2-4-6-16)15-24-12-11-19(22-24)17-7-9-18(21)10-8-17/h2-12H,13-15H2,1H3. The van der Waals surface area contributed by atoms with E-state index in [2.05, 4.69) is 5.10 Å². The smallest absolute Gasteiger partial charge is 0.319 e. The van der Waals surface area contributed by atoms with Crippen LogP contribution in [0.25, 0.3) is 11.3 Å². The summed E-state index contributed by atoms with van der Waals surface area (Å²) in [4.78, 5) is 13.7. The van der Waals surface area contributed by atoms with E-state index in [1.165, 1.54) is 19.2 Å². The van der Waals surface area contributed by atoms with Crippen LogP contribution in [-0.2, 0) is 22.7 Å². The quantitative estimate of drug-likeness (QED) is 0.612. The fraction of sp³-hybridized carbons (Fsp3) is 0.200. The Hall–Kier alpha value is -2.99. The topological polar surface area (TPSA) is 47.4 Å². The van der Waals surface area contributed by atoms with Crippen LogP contribution in [0.1, 0.15) is 5.56 Å². The average Bonchev–Trinajstić information content (AvgIpc) is 3.11. The molecule has 1 aromatic heterocycles. The van der Waals surface area contributed by atoms with Crippen molar-refractivity contribution in [2.24, 2.45) is 0 Å². The molecule has 134 valence electrons. The second-order valence-electron chi connectivity index (χ2n) is 5.94. The highest BCUT2D eigenvalue weighted by Crippen LogP contribution is 2.17. The first-order valence-electron chi connectivity index (χ1n) is 8.26. The summed E-state index contributed by atoms with van der Waals surface area (Å²) in [6, 6.07) is 18.0. The van der Waals surface area contributed by atoms with Gasteiger partial charge in [0.2, 0.25) is 0 Å². The maximum atomic E-state index is 13.1. The van der Waals surface area contributed by atoms with Crippen molar-refractivity contribution in [2.75, 3.05) is 13.7 Å². The van der Waals surface area contributed by atoms with Crippen LogP contribution in [0.2, 0.25) is 0 Å². The van der Waals surface area contributed by atoms with Gasteiger partial charge in [-0.25, -0.2) is 4.39 Å². The Morgan fingerprint density at radius 1 is 1.12 bits per heavy atom. The molecule has 0 aliphatic rings. The molecule has 0 N–H and O–H groups in total. The number of hydrogen-bond acceptors (Lipinski definition) is 4. The molecule has 0 unspecified atom stereocenters. The lowest BCUT2D eigenvalue weighted by Crippen LogP contribution is -2.32. The Morgan fingerprint density at radius 3 is 2.54 bits per heavy atom. The molecular weight excluding hydrogens is 333 g/mol. The van der Waals surface area contributed by atoms with E-state index in [0.29, 0.717) is 13.2 Å². The second kappa shape index (κ2) is 8.40. The number of carbonyl (C=O) groups is 1. The molecule has 1 heterocycles. The normalized spacial score (nSPS) is 10.9. The van der Waals surface area contributed by atoms with E-state index in [1.54, 1.807) is 16.8 Å². The van der Waals surface area contributed by atoms with E-state index < -0.39 is 0 Å². The Bertz CT molecular complexity index is 847. The Labute approximate surface area is 151 Å². The zero-order valence-electron chi connectivity index (χ0n) is 14.5. The summed E-state index contributed by atoms with van der Waals surface area (Å²) in [5, 5.41) is 4.53. The van der Waals surface area contributed by atoms with Gasteiger partial charge < -0.3 is 4.74 Å². The van der Waals surface area contributed by atoms with Crippen molar-refractivity contribution < 1.29 is 13.9 Å². The summed E-state index contributed by atoms with van der Waals surface area (Å²) in [5.41, 5.74) is 2.69. The third-order valence-electron chi connectivity index (χ3n) is 3.95. The fourth-order valence-corrected chi connectivity index (χ4v) is 2.66. The highest BCUT2D eigenvalue weighted by Gasteiger charge is 2.13. The number of hydrogen-bond donors (Lipinski definition) is 0. The Morgan fingerprint density at radius 2 is 1.85 bits per heavy atom. The minimum atomic E-state index is -0.299. The molecule has 0 aliphatic heterocycles. The molecule has 0 saturated heterocycles. The van der Waals surface area contributed by atoms with Gasteiger partial charge in [0.05, 0.1) is 26.0 Å². The molecule has 5 nitrogen and oxygen atoms in total. The maximum absolute atomic E-state index is 13.1. The Balaban J connectivity index is 1.73. The van der Waals surface area contributed by atoms with Crippen LogP contribution in [-0.4, -0.2) is 34.3 Å². The van der Waals surface area contributed by atoms with E-state index in [-0.39, 0.29) is 18.3 Å². The van der Waals surface area contributed by atoms with Crippen molar-refractivity contribution >= 4 is 5.97 Å². The van der Waals surface area contributed by atoms with E-state index in [9.17, 15) is 9.18 Å². The first-order valence-corrected chi connectivity index (χ1v) is 8.26. The summed E-state index contributed by atoms with van der Waals surface area (Å²) in [6.45, 7) is 1.20. The van der Waals surface area contributed by atoms with Crippen LogP contribution >= 0.6 is 0 Å². The predicted octanol–water partition coefficient (Wildman–Crippen LogP) is 3.32. The molecule has 0 atom stereocenters. The van der Waals surface area contributed by atoms with E-state index in [4.69, 9.17) is 4.74 Å². The van der Waals surface area contributed by atoms with Gasteiger partial charge in [-0.15, -0.1) is 0 Å². The molecule has 0 radical (unpaired) electrons. The SMILES string of the molecule is COC(=O)CN(Cc1ccccc1)Cn1ccc(-c2ccc(F)cc2)n1. The van der Waals surface area contributed by atoms with Crippen LogP contribution in [0.3, 0.4) is 0 Å². The lowest BCUT2D eigenvalue weighted by molar-refractivity contribution is -0.142. The number of methoxy groups -OCH3 is 1. The number of halogens is 1. The first kappa shape index (κ1) is 17.8. The number of ether oxygens (including phenoxy) is 1. The van der Waals surface area contributed by atoms with E-state index >= 15 is 0 Å². The molecular formula is C20H20FN3O2. The van der Waals surface area contributed by atoms with Crippen molar-refractivity contribution in [1.82, 2.24) is 14.7 Å². The van der Waals surface area contributed by atoms with Gasteiger partial charge in [-0.3, -0.25) is 14.4 Å². The molecule has 2 aromatic carbocycles. The van der Waals surface area contributed by atoms with Crippen molar-refractivity contribution in [3.63, 3.8) is 0 Å². The van der Waals surface area contributed by atoms with Crippen LogP contribution in [0.15, 0.2) is 66.9 Å². The third-order valence-corrected chi connectivity index (χ3v) is 3.95. The van der Waals surface area contributed by atoms with Gasteiger partial charge >= 0.3 is 5.97 Å². The molecule has 6 heteroatoms. The largest absolute Gasteiger partial charge is 0.468 e. The number of carbonyl (C=O) groups excluding carboxylic acids is 1. The van der Waals surface area contributed by atoms with Gasteiger partial charge in [0, 0.05) is 18.3 Å². The van der Waals surface area contributed by atoms with Gasteiger partial charge in [0.15, 0.2) is 0 Å². The van der Waals surface area contributed by atoms with Crippen molar-refractivity contribution in [2.45, 2.75) is 13.2 Å². The lowest BCUT2D eigenvalue weighted by atomic mass is 10.1. The van der Waals surface area contributed by atoms with E-state index in [1.807, 2.05) is 47.5 Å². The lowest BCUT2D eigenvalue weighted by Gasteiger charge is -2.21. The molecule has 3 aromatic rings. The molecule has 0 spiro atoms. The monoisotopic (exact) mass is 353 g/mol. The highest BCUT2D eigenvalue weighted by molar-refractivity contribution is 5.71. The number of benzene rings is 2. The van der Waals surface area contributed by atoms with Gasteiger partial charge in [-0.05, 0) is 35.9 Å². The summed E-state index contributed by atoms with van der Waals surface area (Å²) < 4.78 is 19.6. The average molecular weight is 353 g/mol. The van der Waals surface area contributed by atoms with Crippen molar-refractivity contribution in [3.05, 3.63) is 78.2 Å². The predicted molar refractivity (Wildman–Crippen MR) is 96.5 cm³/mol.